The van der Waals surface area contributed by atoms with Crippen LogP contribution in [0.15, 0.2) is 30.3 Å². The van der Waals surface area contributed by atoms with Gasteiger partial charge in [-0.1, -0.05) is 43.2 Å². The SMILES string of the molecule is C[N@+]1(CC(=O)O)CC[C@@H](OC(=O)[C@](O)(c2ccccc2)C2CCCC2)C1. The number of aliphatic carboxylic acids is 1. The number of quaternary nitrogens is 1. The Kier molecular flexibility index (Phi) is 5.34. The first-order chi connectivity index (χ1) is 12.3. The number of hydrogen-bond acceptors (Lipinski definition) is 4. The van der Waals surface area contributed by atoms with Gasteiger partial charge in [0.2, 0.25) is 0 Å². The van der Waals surface area contributed by atoms with Gasteiger partial charge in [-0.05, 0) is 18.4 Å². The van der Waals surface area contributed by atoms with E-state index in [1.165, 1.54) is 0 Å². The van der Waals surface area contributed by atoms with Crippen LogP contribution in [0, 0.1) is 5.92 Å². The first kappa shape index (κ1) is 18.9. The number of likely N-dealkylation sites (N-methyl/N-ethyl adjacent to an activating group) is 1. The number of carbonyl (C=O) groups excluding carboxylic acids is 1. The molecule has 0 spiro atoms. The van der Waals surface area contributed by atoms with E-state index < -0.39 is 17.5 Å². The predicted octanol–water partition coefficient (Wildman–Crippen LogP) is 1.91. The van der Waals surface area contributed by atoms with Crippen LogP contribution < -0.4 is 0 Å². The van der Waals surface area contributed by atoms with E-state index in [0.717, 1.165) is 25.7 Å². The van der Waals surface area contributed by atoms with Crippen molar-refractivity contribution in [3.05, 3.63) is 35.9 Å². The summed E-state index contributed by atoms with van der Waals surface area (Å²) in [6.45, 7) is 1.13. The lowest BCUT2D eigenvalue weighted by Crippen LogP contribution is -2.48. The average Bonchev–Trinajstić information content (AvgIpc) is 3.25. The molecule has 1 saturated carbocycles. The molecule has 1 aliphatic carbocycles. The van der Waals surface area contributed by atoms with E-state index in [1.54, 1.807) is 12.1 Å². The van der Waals surface area contributed by atoms with Crippen molar-refractivity contribution in [2.24, 2.45) is 5.92 Å². The smallest absolute Gasteiger partial charge is 0.359 e. The standard InChI is InChI=1S/C20H27NO5/c1-21(14-18(22)23)12-11-17(13-21)26-19(24)20(25,16-9-5-6-10-16)15-7-3-2-4-8-15/h2-4,7-8,16-17,25H,5-6,9-14H2,1H3/p+1/t17-,20+,21+/m1/s1. The van der Waals surface area contributed by atoms with E-state index in [-0.39, 0.29) is 18.6 Å². The minimum Gasteiger partial charge on any atom is -0.477 e. The summed E-state index contributed by atoms with van der Waals surface area (Å²) in [7, 11) is 1.86. The molecule has 0 radical (unpaired) electrons. The molecule has 6 heteroatoms. The molecule has 3 rings (SSSR count). The van der Waals surface area contributed by atoms with Crippen molar-refractivity contribution in [1.82, 2.24) is 0 Å². The van der Waals surface area contributed by atoms with Crippen LogP contribution in [0.4, 0.5) is 0 Å². The zero-order chi connectivity index (χ0) is 18.8. The zero-order valence-electron chi connectivity index (χ0n) is 15.3. The molecule has 1 aliphatic heterocycles. The molecule has 1 aromatic rings. The summed E-state index contributed by atoms with van der Waals surface area (Å²) in [4.78, 5) is 24.1. The maximum atomic E-state index is 13.0. The van der Waals surface area contributed by atoms with Crippen LogP contribution in [0.2, 0.25) is 0 Å². The van der Waals surface area contributed by atoms with E-state index in [0.29, 0.717) is 29.6 Å². The second-order valence-corrected chi connectivity index (χ2v) is 8.01. The first-order valence-corrected chi connectivity index (χ1v) is 9.38. The van der Waals surface area contributed by atoms with Gasteiger partial charge in [0.25, 0.3) is 0 Å². The lowest BCUT2D eigenvalue weighted by Gasteiger charge is -2.33. The normalized spacial score (nSPS) is 28.6. The van der Waals surface area contributed by atoms with Gasteiger partial charge in [0.05, 0.1) is 13.6 Å². The monoisotopic (exact) mass is 362 g/mol. The minimum atomic E-state index is -1.63. The number of carboxylic acids is 1. The molecule has 1 heterocycles. The van der Waals surface area contributed by atoms with Crippen molar-refractivity contribution in [2.45, 2.75) is 43.8 Å². The number of hydrogen-bond donors (Lipinski definition) is 2. The third-order valence-electron chi connectivity index (χ3n) is 5.90. The summed E-state index contributed by atoms with van der Waals surface area (Å²) >= 11 is 0. The van der Waals surface area contributed by atoms with E-state index >= 15 is 0 Å². The molecule has 3 atom stereocenters. The molecule has 2 aliphatic rings. The molecule has 1 saturated heterocycles. The van der Waals surface area contributed by atoms with Crippen molar-refractivity contribution in [3.63, 3.8) is 0 Å². The molecular weight excluding hydrogens is 334 g/mol. The molecule has 0 amide bonds. The molecule has 26 heavy (non-hydrogen) atoms. The second-order valence-electron chi connectivity index (χ2n) is 8.01. The number of esters is 1. The highest BCUT2D eigenvalue weighted by Gasteiger charge is 2.49. The fourth-order valence-electron chi connectivity index (χ4n) is 4.49. The molecule has 142 valence electrons. The Bertz CT molecular complexity index is 657. The first-order valence-electron chi connectivity index (χ1n) is 9.38. The summed E-state index contributed by atoms with van der Waals surface area (Å²) in [5.74, 6) is -1.59. The van der Waals surface area contributed by atoms with E-state index in [2.05, 4.69) is 0 Å². The van der Waals surface area contributed by atoms with E-state index in [9.17, 15) is 14.7 Å². The van der Waals surface area contributed by atoms with Crippen molar-refractivity contribution in [1.29, 1.82) is 0 Å². The van der Waals surface area contributed by atoms with Crippen LogP contribution in [-0.2, 0) is 19.9 Å². The highest BCUT2D eigenvalue weighted by atomic mass is 16.6. The fraction of sp³-hybridized carbons (Fsp3) is 0.600. The summed E-state index contributed by atoms with van der Waals surface area (Å²) in [6.07, 6.45) is 3.87. The zero-order valence-corrected chi connectivity index (χ0v) is 15.3. The number of carboxylic acid groups (broad SMARTS) is 1. The molecule has 6 nitrogen and oxygen atoms in total. The van der Waals surface area contributed by atoms with Gasteiger partial charge in [-0.3, -0.25) is 0 Å². The quantitative estimate of drug-likeness (QED) is 0.597. The van der Waals surface area contributed by atoms with Crippen LogP contribution in [0.3, 0.4) is 0 Å². The van der Waals surface area contributed by atoms with Crippen molar-refractivity contribution in [3.8, 4) is 0 Å². The Labute approximate surface area is 154 Å². The minimum absolute atomic E-state index is 0.0135. The molecule has 1 aromatic carbocycles. The van der Waals surface area contributed by atoms with Gasteiger partial charge < -0.3 is 19.4 Å². The Balaban J connectivity index is 1.76. The topological polar surface area (TPSA) is 83.8 Å². The van der Waals surface area contributed by atoms with Crippen LogP contribution in [0.1, 0.15) is 37.7 Å². The number of ether oxygens (including phenoxy) is 1. The summed E-state index contributed by atoms with van der Waals surface area (Å²) in [5.41, 5.74) is -1.05. The number of rotatable bonds is 6. The maximum absolute atomic E-state index is 13.0. The Morgan fingerprint density at radius 3 is 2.46 bits per heavy atom. The number of benzene rings is 1. The van der Waals surface area contributed by atoms with Gasteiger partial charge in [0.15, 0.2) is 18.2 Å². The lowest BCUT2D eigenvalue weighted by molar-refractivity contribution is -0.891. The van der Waals surface area contributed by atoms with Gasteiger partial charge in [0.1, 0.15) is 6.54 Å². The van der Waals surface area contributed by atoms with Gasteiger partial charge in [0, 0.05) is 12.3 Å². The summed E-state index contributed by atoms with van der Waals surface area (Å²) in [5, 5.41) is 20.5. The van der Waals surface area contributed by atoms with Crippen LogP contribution in [0.25, 0.3) is 0 Å². The molecule has 0 aromatic heterocycles. The Morgan fingerprint density at radius 1 is 1.19 bits per heavy atom. The largest absolute Gasteiger partial charge is 0.477 e. The van der Waals surface area contributed by atoms with Crippen molar-refractivity contribution < 1.29 is 29.0 Å². The summed E-state index contributed by atoms with van der Waals surface area (Å²) in [6, 6.07) is 9.05. The van der Waals surface area contributed by atoms with Crippen molar-refractivity contribution in [2.75, 3.05) is 26.7 Å². The van der Waals surface area contributed by atoms with Gasteiger partial charge in [-0.25, -0.2) is 9.59 Å². The molecule has 0 unspecified atom stereocenters. The predicted molar refractivity (Wildman–Crippen MR) is 95.2 cm³/mol. The fourth-order valence-corrected chi connectivity index (χ4v) is 4.49. The van der Waals surface area contributed by atoms with Gasteiger partial charge >= 0.3 is 11.9 Å². The van der Waals surface area contributed by atoms with Gasteiger partial charge in [-0.2, -0.15) is 0 Å². The number of nitrogens with zero attached hydrogens (tertiary/aromatic N) is 1. The average molecular weight is 362 g/mol. The molecule has 2 N–H and O–H groups in total. The molecular formula is C20H28NO5+. The third-order valence-corrected chi connectivity index (χ3v) is 5.90. The van der Waals surface area contributed by atoms with Crippen LogP contribution >= 0.6 is 0 Å². The third kappa shape index (κ3) is 3.76. The summed E-state index contributed by atoms with van der Waals surface area (Å²) < 4.78 is 6.07. The van der Waals surface area contributed by atoms with E-state index in [4.69, 9.17) is 9.84 Å². The number of aliphatic hydroxyl groups is 1. The van der Waals surface area contributed by atoms with E-state index in [1.807, 2.05) is 25.2 Å². The maximum Gasteiger partial charge on any atom is 0.359 e. The number of likely N-dealkylation sites (tertiary alicyclic amines) is 1. The molecule has 2 fully saturated rings. The Morgan fingerprint density at radius 2 is 1.85 bits per heavy atom. The lowest BCUT2D eigenvalue weighted by atomic mass is 9.80. The molecule has 0 bridgehead atoms. The highest BCUT2D eigenvalue weighted by Crippen LogP contribution is 2.42. The van der Waals surface area contributed by atoms with Crippen LogP contribution in [-0.4, -0.2) is 59.4 Å². The van der Waals surface area contributed by atoms with Crippen molar-refractivity contribution >= 4 is 11.9 Å². The Hall–Kier alpha value is -1.92. The van der Waals surface area contributed by atoms with Gasteiger partial charge in [-0.15, -0.1) is 0 Å². The number of carbonyl (C=O) groups is 2. The highest BCUT2D eigenvalue weighted by molar-refractivity contribution is 5.81. The van der Waals surface area contributed by atoms with Crippen LogP contribution in [0.5, 0.6) is 0 Å². The second kappa shape index (κ2) is 7.37.